The molecule has 0 saturated carbocycles. The van der Waals surface area contributed by atoms with E-state index in [1.165, 1.54) is 10.6 Å². The molecule has 0 aliphatic carbocycles. The summed E-state index contributed by atoms with van der Waals surface area (Å²) in [5.41, 5.74) is 5.85. The highest BCUT2D eigenvalue weighted by molar-refractivity contribution is 6.00. The molecule has 1 heterocycles. The number of carbonyl (C=O) groups excluding carboxylic acids is 1. The summed E-state index contributed by atoms with van der Waals surface area (Å²) in [5, 5.41) is 12.2. The minimum atomic E-state index is -0.216. The standard InChI is InChI=1S/C22H24N4O/c1-15-9-11-19(12-10-15)17(3)25-26-18(4)24-20(13-22(26)27)14-23-21-8-6-5-7-16(21)2/h5-13,23-24H,4,14H2,1-3H3/b25-17+. The molecule has 5 nitrogen and oxygen atoms in total. The highest BCUT2D eigenvalue weighted by atomic mass is 16.2. The summed E-state index contributed by atoms with van der Waals surface area (Å²) in [5.74, 6) is 0.224. The van der Waals surface area contributed by atoms with Crippen molar-refractivity contribution < 1.29 is 4.79 Å². The Morgan fingerprint density at radius 1 is 1.15 bits per heavy atom. The Labute approximate surface area is 160 Å². The normalized spacial score (nSPS) is 14.7. The van der Waals surface area contributed by atoms with Gasteiger partial charge >= 0.3 is 0 Å². The maximum Gasteiger partial charge on any atom is 0.274 e. The van der Waals surface area contributed by atoms with Gasteiger partial charge < -0.3 is 10.6 Å². The van der Waals surface area contributed by atoms with Gasteiger partial charge in [-0.3, -0.25) is 4.79 Å². The summed E-state index contributed by atoms with van der Waals surface area (Å²) >= 11 is 0. The molecule has 0 bridgehead atoms. The molecule has 2 aromatic carbocycles. The predicted molar refractivity (Wildman–Crippen MR) is 110 cm³/mol. The van der Waals surface area contributed by atoms with Crippen LogP contribution in [0.2, 0.25) is 0 Å². The van der Waals surface area contributed by atoms with Crippen LogP contribution in [0.4, 0.5) is 5.69 Å². The number of nitrogens with one attached hydrogen (secondary N) is 2. The zero-order valence-electron chi connectivity index (χ0n) is 15.9. The number of hydrogen-bond acceptors (Lipinski definition) is 4. The van der Waals surface area contributed by atoms with Gasteiger partial charge in [0.15, 0.2) is 0 Å². The van der Waals surface area contributed by atoms with Gasteiger partial charge in [-0.15, -0.1) is 0 Å². The van der Waals surface area contributed by atoms with Crippen LogP contribution in [0.25, 0.3) is 0 Å². The second-order valence-electron chi connectivity index (χ2n) is 6.61. The minimum absolute atomic E-state index is 0.216. The van der Waals surface area contributed by atoms with Gasteiger partial charge in [0.25, 0.3) is 5.91 Å². The van der Waals surface area contributed by atoms with Crippen molar-refractivity contribution in [2.75, 3.05) is 11.9 Å². The molecule has 0 radical (unpaired) electrons. The Kier molecular flexibility index (Phi) is 5.41. The number of amides is 1. The van der Waals surface area contributed by atoms with Gasteiger partial charge in [0.05, 0.1) is 12.3 Å². The third kappa shape index (κ3) is 4.44. The molecule has 0 fully saturated rings. The molecule has 0 saturated heterocycles. The highest BCUT2D eigenvalue weighted by Crippen LogP contribution is 2.16. The third-order valence-corrected chi connectivity index (χ3v) is 4.40. The molecule has 2 N–H and O–H groups in total. The number of nitrogens with zero attached hydrogens (tertiary/aromatic N) is 2. The van der Waals surface area contributed by atoms with Gasteiger partial charge in [-0.2, -0.15) is 10.1 Å². The van der Waals surface area contributed by atoms with Crippen LogP contribution in [0.15, 0.2) is 77.8 Å². The Morgan fingerprint density at radius 2 is 1.85 bits per heavy atom. The van der Waals surface area contributed by atoms with Gasteiger partial charge in [0, 0.05) is 17.5 Å². The van der Waals surface area contributed by atoms with Crippen molar-refractivity contribution >= 4 is 17.3 Å². The van der Waals surface area contributed by atoms with Crippen LogP contribution in [0, 0.1) is 13.8 Å². The Hall–Kier alpha value is -3.34. The SMILES string of the molecule is C=C1NC(CNc2ccccc2C)=CC(=O)N1/N=C(\C)c1ccc(C)cc1. The van der Waals surface area contributed by atoms with E-state index >= 15 is 0 Å². The highest BCUT2D eigenvalue weighted by Gasteiger charge is 2.21. The van der Waals surface area contributed by atoms with Gasteiger partial charge in [0.2, 0.25) is 0 Å². The molecule has 0 aromatic heterocycles. The van der Waals surface area contributed by atoms with Gasteiger partial charge in [-0.25, -0.2) is 0 Å². The molecular formula is C22H24N4O. The monoisotopic (exact) mass is 360 g/mol. The van der Waals surface area contributed by atoms with E-state index in [9.17, 15) is 4.79 Å². The molecular weight excluding hydrogens is 336 g/mol. The van der Waals surface area contributed by atoms with Crippen molar-refractivity contribution in [1.82, 2.24) is 10.3 Å². The van der Waals surface area contributed by atoms with Gasteiger partial charge in [-0.1, -0.05) is 54.6 Å². The summed E-state index contributed by atoms with van der Waals surface area (Å²) in [4.78, 5) is 12.5. The number of aryl methyl sites for hydroxylation is 2. The molecule has 3 rings (SSSR count). The number of para-hydroxylation sites is 1. The first-order valence-corrected chi connectivity index (χ1v) is 8.86. The fourth-order valence-corrected chi connectivity index (χ4v) is 2.79. The summed E-state index contributed by atoms with van der Waals surface area (Å²) in [7, 11) is 0. The predicted octanol–water partition coefficient (Wildman–Crippen LogP) is 3.93. The molecule has 1 amide bonds. The van der Waals surface area contributed by atoms with Gasteiger partial charge in [-0.05, 0) is 38.0 Å². The number of carbonyl (C=O) groups is 1. The van der Waals surface area contributed by atoms with Crippen molar-refractivity contribution in [1.29, 1.82) is 0 Å². The van der Waals surface area contributed by atoms with E-state index in [1.54, 1.807) is 6.08 Å². The first kappa shape index (κ1) is 18.5. The Morgan fingerprint density at radius 3 is 2.52 bits per heavy atom. The number of hydrogen-bond donors (Lipinski definition) is 2. The molecule has 27 heavy (non-hydrogen) atoms. The van der Waals surface area contributed by atoms with E-state index in [0.29, 0.717) is 12.4 Å². The van der Waals surface area contributed by atoms with Crippen LogP contribution < -0.4 is 10.6 Å². The lowest BCUT2D eigenvalue weighted by atomic mass is 10.1. The minimum Gasteiger partial charge on any atom is -0.379 e. The molecule has 0 spiro atoms. The second-order valence-corrected chi connectivity index (χ2v) is 6.61. The number of hydrazone groups is 1. The topological polar surface area (TPSA) is 56.7 Å². The number of rotatable bonds is 5. The Balaban J connectivity index is 1.71. The van der Waals surface area contributed by atoms with Crippen molar-refractivity contribution in [3.63, 3.8) is 0 Å². The summed E-state index contributed by atoms with van der Waals surface area (Å²) in [6, 6.07) is 16.1. The lowest BCUT2D eigenvalue weighted by Gasteiger charge is -2.26. The van der Waals surface area contributed by atoms with E-state index in [1.807, 2.05) is 69.3 Å². The first-order valence-electron chi connectivity index (χ1n) is 8.86. The van der Waals surface area contributed by atoms with Crippen LogP contribution in [-0.4, -0.2) is 23.2 Å². The molecule has 0 unspecified atom stereocenters. The van der Waals surface area contributed by atoms with Crippen LogP contribution in [0.1, 0.15) is 23.6 Å². The van der Waals surface area contributed by atoms with Crippen molar-refractivity contribution in [2.45, 2.75) is 20.8 Å². The average Bonchev–Trinajstić information content (AvgIpc) is 2.64. The fraction of sp³-hybridized carbons (Fsp3) is 0.182. The van der Waals surface area contributed by atoms with E-state index in [4.69, 9.17) is 0 Å². The fourth-order valence-electron chi connectivity index (χ4n) is 2.79. The van der Waals surface area contributed by atoms with Gasteiger partial charge in [0.1, 0.15) is 5.82 Å². The average molecular weight is 360 g/mol. The maximum absolute atomic E-state index is 12.5. The summed E-state index contributed by atoms with van der Waals surface area (Å²) < 4.78 is 0. The number of benzene rings is 2. The summed E-state index contributed by atoms with van der Waals surface area (Å²) in [6.45, 7) is 10.4. The van der Waals surface area contributed by atoms with Crippen LogP contribution >= 0.6 is 0 Å². The lowest BCUT2D eigenvalue weighted by molar-refractivity contribution is -0.125. The van der Waals surface area contributed by atoms with Crippen molar-refractivity contribution in [2.24, 2.45) is 5.10 Å². The first-order chi connectivity index (χ1) is 12.9. The van der Waals surface area contributed by atoms with Crippen LogP contribution in [0.3, 0.4) is 0 Å². The second kappa shape index (κ2) is 7.91. The van der Waals surface area contributed by atoms with E-state index in [0.717, 1.165) is 28.2 Å². The molecule has 5 heteroatoms. The van der Waals surface area contributed by atoms with Crippen molar-refractivity contribution in [3.05, 3.63) is 89.4 Å². The molecule has 1 aliphatic rings. The maximum atomic E-state index is 12.5. The van der Waals surface area contributed by atoms with E-state index < -0.39 is 0 Å². The zero-order chi connectivity index (χ0) is 19.4. The number of anilines is 1. The largest absolute Gasteiger partial charge is 0.379 e. The van der Waals surface area contributed by atoms with E-state index in [-0.39, 0.29) is 5.91 Å². The van der Waals surface area contributed by atoms with Crippen LogP contribution in [-0.2, 0) is 4.79 Å². The smallest absolute Gasteiger partial charge is 0.274 e. The zero-order valence-corrected chi connectivity index (χ0v) is 15.9. The molecule has 138 valence electrons. The molecule has 0 atom stereocenters. The summed E-state index contributed by atoms with van der Waals surface area (Å²) in [6.07, 6.45) is 1.55. The molecule has 1 aliphatic heterocycles. The van der Waals surface area contributed by atoms with Crippen LogP contribution in [0.5, 0.6) is 0 Å². The third-order valence-electron chi connectivity index (χ3n) is 4.40. The van der Waals surface area contributed by atoms with E-state index in [2.05, 4.69) is 22.3 Å². The van der Waals surface area contributed by atoms with Crippen molar-refractivity contribution in [3.8, 4) is 0 Å². The quantitative estimate of drug-likeness (QED) is 0.795. The molecule has 2 aromatic rings. The lowest BCUT2D eigenvalue weighted by Crippen LogP contribution is -2.38. The Bertz CT molecular complexity index is 926.